The second-order valence-corrected chi connectivity index (χ2v) is 4.99. The largest absolute Gasteiger partial charge is 0.337 e. The zero-order chi connectivity index (χ0) is 16.1. The first-order chi connectivity index (χ1) is 10.5. The Morgan fingerprint density at radius 3 is 2.41 bits per heavy atom. The topological polar surface area (TPSA) is 70.2 Å². The summed E-state index contributed by atoms with van der Waals surface area (Å²) in [5, 5.41) is 3.08. The van der Waals surface area contributed by atoms with Crippen molar-refractivity contribution in [2.75, 3.05) is 5.32 Å². The Bertz CT molecular complexity index is 725. The molecular formula is C14H10Cl2FN3O2. The molecule has 0 saturated carbocycles. The first-order valence-corrected chi connectivity index (χ1v) is 6.79. The average molecular weight is 342 g/mol. The summed E-state index contributed by atoms with van der Waals surface area (Å²) < 4.78 is 13.0. The Hall–Kier alpha value is -2.31. The van der Waals surface area contributed by atoms with Gasteiger partial charge in [-0.15, -0.1) is 0 Å². The Balaban J connectivity index is 1.90. The van der Waals surface area contributed by atoms with Crippen molar-refractivity contribution in [3.8, 4) is 0 Å². The van der Waals surface area contributed by atoms with Gasteiger partial charge in [0.05, 0.1) is 10.0 Å². The van der Waals surface area contributed by atoms with Gasteiger partial charge in [0.25, 0.3) is 5.91 Å². The van der Waals surface area contributed by atoms with Crippen LogP contribution < -0.4 is 16.2 Å². The number of hydrazine groups is 1. The quantitative estimate of drug-likeness (QED) is 0.730. The lowest BCUT2D eigenvalue weighted by molar-refractivity contribution is 0.0937. The normalized spacial score (nSPS) is 9.95. The minimum atomic E-state index is -0.692. The van der Waals surface area contributed by atoms with Crippen molar-refractivity contribution >= 4 is 40.8 Å². The highest BCUT2D eigenvalue weighted by Gasteiger charge is 2.08. The van der Waals surface area contributed by atoms with Crippen molar-refractivity contribution in [1.82, 2.24) is 10.9 Å². The fourth-order valence-electron chi connectivity index (χ4n) is 1.55. The van der Waals surface area contributed by atoms with Crippen LogP contribution in [0.3, 0.4) is 0 Å². The van der Waals surface area contributed by atoms with E-state index >= 15 is 0 Å². The number of hydrogen-bond donors (Lipinski definition) is 3. The highest BCUT2D eigenvalue weighted by atomic mass is 35.5. The zero-order valence-electron chi connectivity index (χ0n) is 11.0. The molecule has 0 spiro atoms. The Morgan fingerprint density at radius 1 is 0.955 bits per heavy atom. The molecule has 0 atom stereocenters. The van der Waals surface area contributed by atoms with Crippen LogP contribution in [0.2, 0.25) is 10.0 Å². The third-order valence-corrected chi connectivity index (χ3v) is 3.29. The van der Waals surface area contributed by atoms with Gasteiger partial charge >= 0.3 is 6.03 Å². The molecule has 0 saturated heterocycles. The molecule has 114 valence electrons. The maximum absolute atomic E-state index is 13.0. The average Bonchev–Trinajstić information content (AvgIpc) is 2.48. The van der Waals surface area contributed by atoms with E-state index in [1.807, 2.05) is 0 Å². The van der Waals surface area contributed by atoms with Gasteiger partial charge in [-0.05, 0) is 36.4 Å². The number of nitrogens with one attached hydrogen (secondary N) is 3. The predicted molar refractivity (Wildman–Crippen MR) is 82.5 cm³/mol. The number of carbonyl (C=O) groups is 2. The number of urea groups is 1. The summed E-state index contributed by atoms with van der Waals surface area (Å²) in [4.78, 5) is 23.3. The van der Waals surface area contributed by atoms with Crippen LogP contribution in [0.15, 0.2) is 42.5 Å². The highest BCUT2D eigenvalue weighted by Crippen LogP contribution is 2.24. The Kier molecular flexibility index (Phi) is 5.19. The molecule has 0 radical (unpaired) electrons. The molecule has 0 aliphatic carbocycles. The molecule has 0 fully saturated rings. The van der Waals surface area contributed by atoms with Gasteiger partial charge in [-0.2, -0.15) is 0 Å². The number of amides is 3. The predicted octanol–water partition coefficient (Wildman–Crippen LogP) is 3.60. The summed E-state index contributed by atoms with van der Waals surface area (Å²) in [6.07, 6.45) is 0. The van der Waals surface area contributed by atoms with Gasteiger partial charge in [-0.3, -0.25) is 10.2 Å². The highest BCUT2D eigenvalue weighted by molar-refractivity contribution is 6.42. The van der Waals surface area contributed by atoms with Gasteiger partial charge in [0.2, 0.25) is 0 Å². The van der Waals surface area contributed by atoms with Crippen molar-refractivity contribution in [1.29, 1.82) is 0 Å². The van der Waals surface area contributed by atoms with Gasteiger partial charge in [-0.25, -0.2) is 14.6 Å². The number of rotatable bonds is 2. The molecule has 8 heteroatoms. The lowest BCUT2D eigenvalue weighted by Gasteiger charge is -2.09. The number of benzene rings is 2. The van der Waals surface area contributed by atoms with Gasteiger partial charge in [0.15, 0.2) is 0 Å². The summed E-state index contributed by atoms with van der Waals surface area (Å²) in [7, 11) is 0. The third kappa shape index (κ3) is 4.34. The molecule has 3 N–H and O–H groups in total. The Labute approximate surface area is 135 Å². The van der Waals surface area contributed by atoms with Gasteiger partial charge in [-0.1, -0.05) is 29.3 Å². The molecule has 5 nitrogen and oxygen atoms in total. The molecule has 0 unspecified atom stereocenters. The molecule has 0 aliphatic heterocycles. The van der Waals surface area contributed by atoms with E-state index in [9.17, 15) is 14.0 Å². The van der Waals surface area contributed by atoms with Crippen LogP contribution in [-0.2, 0) is 0 Å². The van der Waals surface area contributed by atoms with Crippen molar-refractivity contribution in [2.45, 2.75) is 0 Å². The van der Waals surface area contributed by atoms with E-state index in [-0.39, 0.29) is 10.6 Å². The molecule has 22 heavy (non-hydrogen) atoms. The third-order valence-electron chi connectivity index (χ3n) is 2.55. The molecule has 0 aromatic heterocycles. The summed E-state index contributed by atoms with van der Waals surface area (Å²) >= 11 is 11.6. The molecule has 2 aromatic carbocycles. The smallest absolute Gasteiger partial charge is 0.307 e. The van der Waals surface area contributed by atoms with Crippen LogP contribution in [-0.4, -0.2) is 11.9 Å². The van der Waals surface area contributed by atoms with Gasteiger partial charge in [0.1, 0.15) is 5.82 Å². The number of anilines is 1. The van der Waals surface area contributed by atoms with Gasteiger partial charge < -0.3 is 5.32 Å². The van der Waals surface area contributed by atoms with E-state index in [4.69, 9.17) is 23.2 Å². The van der Waals surface area contributed by atoms with Gasteiger partial charge in [0, 0.05) is 11.3 Å². The standard InChI is InChI=1S/C14H10Cl2FN3O2/c15-11-5-4-10(7-12(11)16)18-14(22)20-19-13(21)8-2-1-3-9(17)6-8/h1-7H,(H,19,21)(H2,18,20,22). The molecule has 2 rings (SSSR count). The van der Waals surface area contributed by atoms with Crippen LogP contribution in [0.5, 0.6) is 0 Å². The number of halogens is 3. The lowest BCUT2D eigenvalue weighted by atomic mass is 10.2. The zero-order valence-corrected chi connectivity index (χ0v) is 12.5. The van der Waals surface area contributed by atoms with E-state index in [0.717, 1.165) is 6.07 Å². The molecule has 0 heterocycles. The lowest BCUT2D eigenvalue weighted by Crippen LogP contribution is -2.43. The second-order valence-electron chi connectivity index (χ2n) is 4.17. The monoisotopic (exact) mass is 341 g/mol. The summed E-state index contributed by atoms with van der Waals surface area (Å²) in [5.41, 5.74) is 4.75. The molecule has 2 aromatic rings. The number of hydrogen-bond acceptors (Lipinski definition) is 2. The van der Waals surface area contributed by atoms with Crippen molar-refractivity contribution in [2.24, 2.45) is 0 Å². The van der Waals surface area contributed by atoms with E-state index in [1.165, 1.54) is 30.3 Å². The fourth-order valence-corrected chi connectivity index (χ4v) is 1.85. The van der Waals surface area contributed by atoms with Crippen LogP contribution in [0.1, 0.15) is 10.4 Å². The molecule has 0 aliphatic rings. The van der Waals surface area contributed by atoms with Crippen LogP contribution in [0.25, 0.3) is 0 Å². The van der Waals surface area contributed by atoms with E-state index < -0.39 is 17.8 Å². The maximum atomic E-state index is 13.0. The fraction of sp³-hybridized carbons (Fsp3) is 0. The minimum absolute atomic E-state index is 0.0786. The molecule has 0 bridgehead atoms. The van der Waals surface area contributed by atoms with E-state index in [2.05, 4.69) is 16.2 Å². The van der Waals surface area contributed by atoms with Crippen molar-refractivity contribution < 1.29 is 14.0 Å². The second kappa shape index (κ2) is 7.11. The number of carbonyl (C=O) groups excluding carboxylic acids is 2. The summed E-state index contributed by atoms with van der Waals surface area (Å²) in [5.74, 6) is -1.20. The maximum Gasteiger partial charge on any atom is 0.337 e. The van der Waals surface area contributed by atoms with Crippen LogP contribution in [0, 0.1) is 5.82 Å². The first-order valence-electron chi connectivity index (χ1n) is 6.03. The van der Waals surface area contributed by atoms with Crippen molar-refractivity contribution in [3.05, 3.63) is 63.9 Å². The summed E-state index contributed by atoms with van der Waals surface area (Å²) in [6.45, 7) is 0. The first kappa shape index (κ1) is 16.1. The minimum Gasteiger partial charge on any atom is -0.307 e. The molecular weight excluding hydrogens is 332 g/mol. The Morgan fingerprint density at radius 2 is 1.73 bits per heavy atom. The summed E-state index contributed by atoms with van der Waals surface area (Å²) in [6, 6.07) is 8.89. The van der Waals surface area contributed by atoms with Crippen molar-refractivity contribution in [3.63, 3.8) is 0 Å². The van der Waals surface area contributed by atoms with Crippen LogP contribution in [0.4, 0.5) is 14.9 Å². The molecule has 3 amide bonds. The SMILES string of the molecule is O=C(NNC(=O)c1cccc(F)c1)Nc1ccc(Cl)c(Cl)c1. The van der Waals surface area contributed by atoms with E-state index in [0.29, 0.717) is 10.7 Å². The van der Waals surface area contributed by atoms with E-state index in [1.54, 1.807) is 6.07 Å². The van der Waals surface area contributed by atoms with Crippen LogP contribution >= 0.6 is 23.2 Å².